The number of carbonyl (C=O) groups excluding carboxylic acids is 1. The molecule has 5 heteroatoms. The lowest BCUT2D eigenvalue weighted by Gasteiger charge is -2.18. The minimum absolute atomic E-state index is 0.0326. The molecule has 0 saturated carbocycles. The third-order valence-corrected chi connectivity index (χ3v) is 3.84. The van der Waals surface area contributed by atoms with Gasteiger partial charge in [0.1, 0.15) is 0 Å². The van der Waals surface area contributed by atoms with Crippen LogP contribution in [0, 0.1) is 5.92 Å². The van der Waals surface area contributed by atoms with Gasteiger partial charge in [-0.1, -0.05) is 26.3 Å². The Morgan fingerprint density at radius 2 is 2.16 bits per heavy atom. The minimum Gasteiger partial charge on any atom is -0.481 e. The standard InChI is InChI=1S/C14H21NO3S/c1-3-5-11(12-6-4-7-19-12)15-13(16)8-10(2)9-14(17)18/h4,6-7,10-11H,3,5,8-9H2,1-2H3,(H,15,16)(H,17,18). The molecule has 0 aliphatic carbocycles. The van der Waals surface area contributed by atoms with E-state index in [1.165, 1.54) is 0 Å². The van der Waals surface area contributed by atoms with Gasteiger partial charge in [0.15, 0.2) is 0 Å². The number of thiophene rings is 1. The van der Waals surface area contributed by atoms with Gasteiger partial charge in [-0.3, -0.25) is 9.59 Å². The molecule has 2 atom stereocenters. The van der Waals surface area contributed by atoms with Crippen molar-refractivity contribution in [1.82, 2.24) is 5.32 Å². The topological polar surface area (TPSA) is 66.4 Å². The fraction of sp³-hybridized carbons (Fsp3) is 0.571. The molecule has 0 radical (unpaired) electrons. The monoisotopic (exact) mass is 283 g/mol. The molecule has 1 heterocycles. The summed E-state index contributed by atoms with van der Waals surface area (Å²) in [5.41, 5.74) is 0. The molecule has 0 aliphatic rings. The van der Waals surface area contributed by atoms with Crippen molar-refractivity contribution >= 4 is 23.2 Å². The van der Waals surface area contributed by atoms with Crippen LogP contribution in [-0.2, 0) is 9.59 Å². The molecule has 0 bridgehead atoms. The van der Waals surface area contributed by atoms with E-state index in [1.807, 2.05) is 17.5 Å². The molecule has 4 nitrogen and oxygen atoms in total. The Kier molecular flexibility index (Phi) is 6.56. The number of nitrogens with one attached hydrogen (secondary N) is 1. The first-order valence-electron chi connectivity index (χ1n) is 6.57. The molecule has 1 aromatic rings. The number of amides is 1. The van der Waals surface area contributed by atoms with Gasteiger partial charge >= 0.3 is 5.97 Å². The molecular weight excluding hydrogens is 262 g/mol. The summed E-state index contributed by atoms with van der Waals surface area (Å²) in [4.78, 5) is 23.6. The van der Waals surface area contributed by atoms with E-state index in [1.54, 1.807) is 18.3 Å². The Labute approximate surface area is 117 Å². The zero-order valence-corrected chi connectivity index (χ0v) is 12.2. The van der Waals surface area contributed by atoms with E-state index in [0.717, 1.165) is 17.7 Å². The van der Waals surface area contributed by atoms with Crippen molar-refractivity contribution in [3.8, 4) is 0 Å². The Balaban J connectivity index is 2.50. The van der Waals surface area contributed by atoms with Gasteiger partial charge in [-0.25, -0.2) is 0 Å². The highest BCUT2D eigenvalue weighted by molar-refractivity contribution is 7.10. The number of hydrogen-bond acceptors (Lipinski definition) is 3. The van der Waals surface area contributed by atoms with Crippen LogP contribution in [0.15, 0.2) is 17.5 Å². The van der Waals surface area contributed by atoms with Crippen LogP contribution >= 0.6 is 11.3 Å². The van der Waals surface area contributed by atoms with E-state index in [9.17, 15) is 9.59 Å². The largest absolute Gasteiger partial charge is 0.481 e. The van der Waals surface area contributed by atoms with Crippen molar-refractivity contribution in [2.45, 2.75) is 45.6 Å². The van der Waals surface area contributed by atoms with Crippen molar-refractivity contribution in [2.75, 3.05) is 0 Å². The predicted molar refractivity (Wildman–Crippen MR) is 76.1 cm³/mol. The lowest BCUT2D eigenvalue weighted by molar-refractivity contribution is -0.138. The van der Waals surface area contributed by atoms with Gasteiger partial charge in [0.2, 0.25) is 5.91 Å². The molecule has 2 unspecified atom stereocenters. The minimum atomic E-state index is -0.858. The molecule has 2 N–H and O–H groups in total. The maximum Gasteiger partial charge on any atom is 0.303 e. The molecule has 1 amide bonds. The van der Waals surface area contributed by atoms with Gasteiger partial charge in [0.25, 0.3) is 0 Å². The van der Waals surface area contributed by atoms with Crippen molar-refractivity contribution in [3.63, 3.8) is 0 Å². The van der Waals surface area contributed by atoms with E-state index in [-0.39, 0.29) is 30.7 Å². The second-order valence-electron chi connectivity index (χ2n) is 4.83. The van der Waals surface area contributed by atoms with Crippen molar-refractivity contribution in [3.05, 3.63) is 22.4 Å². The van der Waals surface area contributed by atoms with Gasteiger partial charge in [0.05, 0.1) is 6.04 Å². The average molecular weight is 283 g/mol. The molecule has 0 fully saturated rings. The molecule has 1 aromatic heterocycles. The summed E-state index contributed by atoms with van der Waals surface area (Å²) >= 11 is 1.63. The average Bonchev–Trinajstić information content (AvgIpc) is 2.80. The van der Waals surface area contributed by atoms with Gasteiger partial charge in [-0.05, 0) is 23.8 Å². The van der Waals surface area contributed by atoms with E-state index < -0.39 is 5.97 Å². The van der Waals surface area contributed by atoms with E-state index in [4.69, 9.17) is 5.11 Å². The summed E-state index contributed by atoms with van der Waals surface area (Å²) in [7, 11) is 0. The summed E-state index contributed by atoms with van der Waals surface area (Å²) in [5, 5.41) is 13.7. The molecule has 106 valence electrons. The van der Waals surface area contributed by atoms with E-state index in [2.05, 4.69) is 12.2 Å². The molecule has 0 aromatic carbocycles. The maximum atomic E-state index is 11.9. The van der Waals surface area contributed by atoms with Gasteiger partial charge < -0.3 is 10.4 Å². The van der Waals surface area contributed by atoms with Crippen LogP contribution in [0.4, 0.5) is 0 Å². The summed E-state index contributed by atoms with van der Waals surface area (Å²) in [6, 6.07) is 4.04. The summed E-state index contributed by atoms with van der Waals surface area (Å²) < 4.78 is 0. The molecule has 0 saturated heterocycles. The van der Waals surface area contributed by atoms with Crippen molar-refractivity contribution < 1.29 is 14.7 Å². The first-order chi connectivity index (χ1) is 9.02. The number of rotatable bonds is 8. The summed E-state index contributed by atoms with van der Waals surface area (Å²) in [5.74, 6) is -1.06. The van der Waals surface area contributed by atoms with Crippen LogP contribution in [0.1, 0.15) is 50.4 Å². The smallest absolute Gasteiger partial charge is 0.303 e. The Morgan fingerprint density at radius 1 is 1.42 bits per heavy atom. The molecule has 0 aliphatic heterocycles. The SMILES string of the molecule is CCCC(NC(=O)CC(C)CC(=O)O)c1cccs1. The highest BCUT2D eigenvalue weighted by Gasteiger charge is 2.17. The first-order valence-corrected chi connectivity index (χ1v) is 7.45. The quantitative estimate of drug-likeness (QED) is 0.770. The van der Waals surface area contributed by atoms with Crippen LogP contribution in [-0.4, -0.2) is 17.0 Å². The predicted octanol–water partition coefficient (Wildman–Crippen LogP) is 3.21. The van der Waals surface area contributed by atoms with Crippen molar-refractivity contribution in [2.24, 2.45) is 5.92 Å². The second kappa shape index (κ2) is 7.94. The Bertz CT molecular complexity index is 403. The van der Waals surface area contributed by atoms with Crippen LogP contribution in [0.25, 0.3) is 0 Å². The number of carboxylic acids is 1. The second-order valence-corrected chi connectivity index (χ2v) is 5.81. The van der Waals surface area contributed by atoms with Gasteiger partial charge in [-0.15, -0.1) is 11.3 Å². The fourth-order valence-corrected chi connectivity index (χ4v) is 2.82. The third kappa shape index (κ3) is 5.87. The highest BCUT2D eigenvalue weighted by atomic mass is 32.1. The fourth-order valence-electron chi connectivity index (χ4n) is 2.00. The van der Waals surface area contributed by atoms with Crippen LogP contribution in [0.2, 0.25) is 0 Å². The van der Waals surface area contributed by atoms with E-state index >= 15 is 0 Å². The zero-order chi connectivity index (χ0) is 14.3. The number of carbonyl (C=O) groups is 2. The first kappa shape index (κ1) is 15.7. The Hall–Kier alpha value is -1.36. The zero-order valence-electron chi connectivity index (χ0n) is 11.4. The van der Waals surface area contributed by atoms with Crippen LogP contribution in [0.3, 0.4) is 0 Å². The molecule has 0 spiro atoms. The lowest BCUT2D eigenvalue weighted by Crippen LogP contribution is -2.29. The number of aliphatic carboxylic acids is 1. The highest BCUT2D eigenvalue weighted by Crippen LogP contribution is 2.23. The number of hydrogen-bond donors (Lipinski definition) is 2. The Morgan fingerprint density at radius 3 is 2.68 bits per heavy atom. The summed E-state index contributed by atoms with van der Waals surface area (Å²) in [6.45, 7) is 3.87. The molecular formula is C14H21NO3S. The normalized spacial score (nSPS) is 13.8. The lowest BCUT2D eigenvalue weighted by atomic mass is 10.0. The van der Waals surface area contributed by atoms with Gasteiger partial charge in [-0.2, -0.15) is 0 Å². The molecule has 1 rings (SSSR count). The third-order valence-electron chi connectivity index (χ3n) is 2.86. The number of carboxylic acid groups (broad SMARTS) is 1. The molecule has 19 heavy (non-hydrogen) atoms. The van der Waals surface area contributed by atoms with Crippen molar-refractivity contribution in [1.29, 1.82) is 0 Å². The van der Waals surface area contributed by atoms with Crippen LogP contribution < -0.4 is 5.32 Å². The summed E-state index contributed by atoms with van der Waals surface area (Å²) in [6.07, 6.45) is 2.19. The van der Waals surface area contributed by atoms with E-state index in [0.29, 0.717) is 0 Å². The van der Waals surface area contributed by atoms with Gasteiger partial charge in [0, 0.05) is 17.7 Å². The van der Waals surface area contributed by atoms with Crippen LogP contribution in [0.5, 0.6) is 0 Å². The maximum absolute atomic E-state index is 11.9.